The topological polar surface area (TPSA) is 51.1 Å². The Morgan fingerprint density at radius 1 is 1.20 bits per heavy atom. The van der Waals surface area contributed by atoms with Gasteiger partial charge in [-0.2, -0.15) is 0 Å². The van der Waals surface area contributed by atoms with Crippen LogP contribution in [-0.2, 0) is 11.3 Å². The van der Waals surface area contributed by atoms with Crippen LogP contribution in [0.25, 0.3) is 0 Å². The second-order valence-corrected chi connectivity index (χ2v) is 4.87. The number of carbonyl (C=O) groups is 1. The summed E-state index contributed by atoms with van der Waals surface area (Å²) in [6, 6.07) is 6.07. The Balaban J connectivity index is 2.17. The zero-order valence-corrected chi connectivity index (χ0v) is 11.7. The molecule has 1 aromatic heterocycles. The van der Waals surface area contributed by atoms with Crippen LogP contribution < -0.4 is 10.9 Å². The quantitative estimate of drug-likeness (QED) is 0.931. The predicted octanol–water partition coefficient (Wildman–Crippen LogP) is 2.53. The summed E-state index contributed by atoms with van der Waals surface area (Å²) in [5.74, 6) is -2.45. The molecule has 0 spiro atoms. The molecular weight excluding hydrogens is 334 g/mol. The molecule has 4 nitrogen and oxygen atoms in total. The maximum atomic E-state index is 13.4. The van der Waals surface area contributed by atoms with Crippen molar-refractivity contribution in [2.75, 3.05) is 5.32 Å². The molecule has 1 amide bonds. The van der Waals surface area contributed by atoms with Crippen molar-refractivity contribution in [2.45, 2.75) is 6.54 Å². The highest BCUT2D eigenvalue weighted by Gasteiger charge is 2.12. The molecular formula is C13H9BrF2N2O2. The zero-order valence-electron chi connectivity index (χ0n) is 10.1. The van der Waals surface area contributed by atoms with Gasteiger partial charge in [-0.25, -0.2) is 8.78 Å². The first-order valence-corrected chi connectivity index (χ1v) is 6.36. The molecule has 0 aliphatic rings. The number of para-hydroxylation sites is 1. The molecule has 0 bridgehead atoms. The lowest BCUT2D eigenvalue weighted by Crippen LogP contribution is -2.27. The van der Waals surface area contributed by atoms with Crippen LogP contribution in [0.5, 0.6) is 0 Å². The molecule has 1 heterocycles. The summed E-state index contributed by atoms with van der Waals surface area (Å²) in [4.78, 5) is 23.2. The minimum Gasteiger partial charge on any atom is -0.320 e. The van der Waals surface area contributed by atoms with Gasteiger partial charge in [0.1, 0.15) is 23.9 Å². The summed E-state index contributed by atoms with van der Waals surface area (Å²) >= 11 is 3.16. The van der Waals surface area contributed by atoms with Crippen LogP contribution in [0.15, 0.2) is 45.8 Å². The summed E-state index contributed by atoms with van der Waals surface area (Å²) in [6.45, 7) is -0.341. The number of pyridine rings is 1. The van der Waals surface area contributed by atoms with E-state index < -0.39 is 28.8 Å². The third-order valence-electron chi connectivity index (χ3n) is 2.49. The van der Waals surface area contributed by atoms with Gasteiger partial charge in [0.05, 0.1) is 0 Å². The van der Waals surface area contributed by atoms with Crippen molar-refractivity contribution in [3.05, 3.63) is 63.0 Å². The van der Waals surface area contributed by atoms with Crippen LogP contribution in [-0.4, -0.2) is 10.5 Å². The Hall–Kier alpha value is -2.02. The third kappa shape index (κ3) is 3.30. The fourth-order valence-corrected chi connectivity index (χ4v) is 1.96. The van der Waals surface area contributed by atoms with Crippen molar-refractivity contribution in [3.63, 3.8) is 0 Å². The van der Waals surface area contributed by atoms with Gasteiger partial charge in [-0.05, 0) is 34.1 Å². The first-order chi connectivity index (χ1) is 9.47. The van der Waals surface area contributed by atoms with Crippen molar-refractivity contribution in [2.24, 2.45) is 0 Å². The van der Waals surface area contributed by atoms with E-state index in [2.05, 4.69) is 21.2 Å². The van der Waals surface area contributed by atoms with Crippen LogP contribution in [0, 0.1) is 11.6 Å². The number of aromatic nitrogens is 1. The van der Waals surface area contributed by atoms with Gasteiger partial charge in [0.15, 0.2) is 0 Å². The monoisotopic (exact) mass is 342 g/mol. The molecule has 1 N–H and O–H groups in total. The standard InChI is InChI=1S/C13H9BrF2N2O2/c14-8-4-5-12(20)18(6-8)7-11(19)17-13-9(15)2-1-3-10(13)16/h1-6H,7H2,(H,17,19). The van der Waals surface area contributed by atoms with Gasteiger partial charge in [0, 0.05) is 16.7 Å². The summed E-state index contributed by atoms with van der Waals surface area (Å²) in [5.41, 5.74) is -0.919. The normalized spacial score (nSPS) is 10.3. The largest absolute Gasteiger partial charge is 0.320 e. The molecule has 0 saturated heterocycles. The number of rotatable bonds is 3. The van der Waals surface area contributed by atoms with E-state index in [0.717, 1.165) is 16.7 Å². The SMILES string of the molecule is O=C(Cn1cc(Br)ccc1=O)Nc1c(F)cccc1F. The zero-order chi connectivity index (χ0) is 14.7. The Bertz CT molecular complexity index is 696. The number of amides is 1. The van der Waals surface area contributed by atoms with Gasteiger partial charge in [-0.3, -0.25) is 9.59 Å². The van der Waals surface area contributed by atoms with Crippen LogP contribution in [0.1, 0.15) is 0 Å². The number of hydrogen-bond donors (Lipinski definition) is 1. The van der Waals surface area contributed by atoms with Crippen molar-refractivity contribution in [3.8, 4) is 0 Å². The van der Waals surface area contributed by atoms with Crippen LogP contribution >= 0.6 is 15.9 Å². The van der Waals surface area contributed by atoms with Gasteiger partial charge >= 0.3 is 0 Å². The highest BCUT2D eigenvalue weighted by Crippen LogP contribution is 2.17. The van der Waals surface area contributed by atoms with Crippen molar-refractivity contribution < 1.29 is 13.6 Å². The van der Waals surface area contributed by atoms with Crippen molar-refractivity contribution >= 4 is 27.5 Å². The Labute approximate surface area is 121 Å². The minimum absolute atomic E-state index is 0.341. The molecule has 7 heteroatoms. The number of nitrogens with zero attached hydrogens (tertiary/aromatic N) is 1. The molecule has 0 radical (unpaired) electrons. The fraction of sp³-hybridized carbons (Fsp3) is 0.0769. The van der Waals surface area contributed by atoms with Gasteiger partial charge in [0.25, 0.3) is 5.56 Å². The number of carbonyl (C=O) groups excluding carboxylic acids is 1. The lowest BCUT2D eigenvalue weighted by molar-refractivity contribution is -0.116. The molecule has 0 atom stereocenters. The Morgan fingerprint density at radius 2 is 1.85 bits per heavy atom. The first kappa shape index (κ1) is 14.4. The lowest BCUT2D eigenvalue weighted by Gasteiger charge is -2.09. The van der Waals surface area contributed by atoms with Gasteiger partial charge in [0.2, 0.25) is 5.91 Å². The summed E-state index contributed by atoms with van der Waals surface area (Å²) in [5, 5.41) is 2.11. The summed E-state index contributed by atoms with van der Waals surface area (Å²) in [7, 11) is 0. The van der Waals surface area contributed by atoms with E-state index >= 15 is 0 Å². The van der Waals surface area contributed by atoms with E-state index in [4.69, 9.17) is 0 Å². The average Bonchev–Trinajstić information content (AvgIpc) is 2.38. The second-order valence-electron chi connectivity index (χ2n) is 3.96. The highest BCUT2D eigenvalue weighted by atomic mass is 79.9. The van der Waals surface area contributed by atoms with Gasteiger partial charge in [-0.15, -0.1) is 0 Å². The summed E-state index contributed by atoms with van der Waals surface area (Å²) < 4.78 is 28.5. The molecule has 0 unspecified atom stereocenters. The maximum absolute atomic E-state index is 13.4. The highest BCUT2D eigenvalue weighted by molar-refractivity contribution is 9.10. The lowest BCUT2D eigenvalue weighted by atomic mass is 10.3. The number of hydrogen-bond acceptors (Lipinski definition) is 2. The number of benzene rings is 1. The van der Waals surface area contributed by atoms with Gasteiger partial charge in [-0.1, -0.05) is 6.07 Å². The van der Waals surface area contributed by atoms with Crippen LogP contribution in [0.4, 0.5) is 14.5 Å². The van der Waals surface area contributed by atoms with Crippen molar-refractivity contribution in [1.82, 2.24) is 4.57 Å². The van der Waals surface area contributed by atoms with E-state index in [1.54, 1.807) is 0 Å². The first-order valence-electron chi connectivity index (χ1n) is 5.57. The molecule has 1 aromatic carbocycles. The second kappa shape index (κ2) is 5.96. The Kier molecular flexibility index (Phi) is 4.29. The minimum atomic E-state index is -0.875. The number of anilines is 1. The van der Waals surface area contributed by atoms with E-state index in [9.17, 15) is 18.4 Å². The van der Waals surface area contributed by atoms with Crippen LogP contribution in [0.2, 0.25) is 0 Å². The number of nitrogens with one attached hydrogen (secondary N) is 1. The van der Waals surface area contributed by atoms with E-state index in [0.29, 0.717) is 4.47 Å². The third-order valence-corrected chi connectivity index (χ3v) is 2.96. The molecule has 2 rings (SSSR count). The summed E-state index contributed by atoms with van der Waals surface area (Å²) in [6.07, 6.45) is 1.42. The molecule has 20 heavy (non-hydrogen) atoms. The molecule has 2 aromatic rings. The van der Waals surface area contributed by atoms with E-state index in [-0.39, 0.29) is 6.54 Å². The molecule has 0 fully saturated rings. The molecule has 104 valence electrons. The molecule has 0 aliphatic carbocycles. The smallest absolute Gasteiger partial charge is 0.251 e. The van der Waals surface area contributed by atoms with Gasteiger partial charge < -0.3 is 9.88 Å². The molecule has 0 saturated carbocycles. The maximum Gasteiger partial charge on any atom is 0.251 e. The van der Waals surface area contributed by atoms with Crippen LogP contribution in [0.3, 0.4) is 0 Å². The van der Waals surface area contributed by atoms with E-state index in [1.807, 2.05) is 0 Å². The number of halogens is 3. The van der Waals surface area contributed by atoms with E-state index in [1.165, 1.54) is 24.4 Å². The predicted molar refractivity (Wildman–Crippen MR) is 73.4 cm³/mol. The average molecular weight is 343 g/mol. The molecule has 0 aliphatic heterocycles. The van der Waals surface area contributed by atoms with Crippen molar-refractivity contribution in [1.29, 1.82) is 0 Å². The Morgan fingerprint density at radius 3 is 2.50 bits per heavy atom. The fourth-order valence-electron chi connectivity index (χ4n) is 1.58.